The second-order valence-corrected chi connectivity index (χ2v) is 5.35. The molecule has 18 heavy (non-hydrogen) atoms. The third-order valence-corrected chi connectivity index (χ3v) is 2.83. The summed E-state index contributed by atoms with van der Waals surface area (Å²) < 4.78 is 7.30. The van der Waals surface area contributed by atoms with Crippen molar-refractivity contribution in [2.75, 3.05) is 12.8 Å². The monoisotopic (exact) mass is 245 g/mol. The Morgan fingerprint density at radius 2 is 2.00 bits per heavy atom. The van der Waals surface area contributed by atoms with Crippen molar-refractivity contribution in [1.82, 2.24) is 9.55 Å². The first-order valence-electron chi connectivity index (χ1n) is 5.90. The zero-order valence-corrected chi connectivity index (χ0v) is 11.3. The van der Waals surface area contributed by atoms with E-state index in [4.69, 9.17) is 10.5 Å². The van der Waals surface area contributed by atoms with Crippen LogP contribution in [-0.4, -0.2) is 16.7 Å². The predicted octanol–water partition coefficient (Wildman–Crippen LogP) is 2.76. The molecule has 0 saturated heterocycles. The van der Waals surface area contributed by atoms with Gasteiger partial charge in [0.15, 0.2) is 0 Å². The highest BCUT2D eigenvalue weighted by atomic mass is 16.5. The molecule has 0 bridgehead atoms. The maximum atomic E-state index is 5.75. The first kappa shape index (κ1) is 12.5. The van der Waals surface area contributed by atoms with Crippen molar-refractivity contribution < 1.29 is 4.74 Å². The van der Waals surface area contributed by atoms with Gasteiger partial charge < -0.3 is 15.0 Å². The van der Waals surface area contributed by atoms with Gasteiger partial charge in [-0.3, -0.25) is 0 Å². The lowest BCUT2D eigenvalue weighted by molar-refractivity contribution is 0.413. The summed E-state index contributed by atoms with van der Waals surface area (Å²) in [6.45, 7) is 6.42. The molecule has 0 unspecified atom stereocenters. The molecule has 1 aromatic heterocycles. The number of anilines is 1. The quantitative estimate of drug-likeness (QED) is 0.828. The molecule has 0 atom stereocenters. The molecule has 2 N–H and O–H groups in total. The molecule has 0 radical (unpaired) electrons. The summed E-state index contributed by atoms with van der Waals surface area (Å²) in [6, 6.07) is 5.60. The van der Waals surface area contributed by atoms with Gasteiger partial charge in [-0.05, 0) is 12.1 Å². The van der Waals surface area contributed by atoms with Crippen molar-refractivity contribution in [3.05, 3.63) is 36.4 Å². The number of hydrogen-bond acceptors (Lipinski definition) is 3. The largest absolute Gasteiger partial charge is 0.494 e. The molecule has 0 aliphatic heterocycles. The zero-order chi connectivity index (χ0) is 13.3. The van der Waals surface area contributed by atoms with Crippen molar-refractivity contribution in [3.63, 3.8) is 0 Å². The van der Waals surface area contributed by atoms with Crippen LogP contribution in [0, 0.1) is 0 Å². The molecule has 0 aliphatic carbocycles. The molecule has 2 rings (SSSR count). The minimum atomic E-state index is 0.0340. The number of rotatable bonds is 2. The van der Waals surface area contributed by atoms with Gasteiger partial charge in [0, 0.05) is 23.4 Å². The average Bonchev–Trinajstić information content (AvgIpc) is 2.77. The second-order valence-electron chi connectivity index (χ2n) is 5.35. The molecule has 0 fully saturated rings. The molecule has 4 nitrogen and oxygen atoms in total. The summed E-state index contributed by atoms with van der Waals surface area (Å²) in [7, 11) is 1.64. The number of imidazole rings is 1. The fourth-order valence-electron chi connectivity index (χ4n) is 1.75. The molecule has 0 spiro atoms. The average molecular weight is 245 g/mol. The number of hydrogen-bond donors (Lipinski definition) is 1. The van der Waals surface area contributed by atoms with Crippen molar-refractivity contribution >= 4 is 5.69 Å². The van der Waals surface area contributed by atoms with Gasteiger partial charge in [-0.2, -0.15) is 0 Å². The minimum Gasteiger partial charge on any atom is -0.494 e. The normalized spacial score (nSPS) is 11.6. The second kappa shape index (κ2) is 4.37. The fourth-order valence-corrected chi connectivity index (χ4v) is 1.75. The van der Waals surface area contributed by atoms with Crippen LogP contribution in [0.3, 0.4) is 0 Å². The van der Waals surface area contributed by atoms with Gasteiger partial charge in [0.25, 0.3) is 0 Å². The Morgan fingerprint density at radius 1 is 1.28 bits per heavy atom. The van der Waals surface area contributed by atoms with Gasteiger partial charge in [-0.15, -0.1) is 0 Å². The first-order valence-corrected chi connectivity index (χ1v) is 5.90. The Bertz CT molecular complexity index is 552. The topological polar surface area (TPSA) is 53.1 Å². The Kier molecular flexibility index (Phi) is 3.03. The number of benzene rings is 1. The number of nitrogens with two attached hydrogens (primary N) is 1. The summed E-state index contributed by atoms with van der Waals surface area (Å²) >= 11 is 0. The van der Waals surface area contributed by atoms with Gasteiger partial charge in [-0.25, -0.2) is 4.98 Å². The molecule has 0 aliphatic rings. The van der Waals surface area contributed by atoms with E-state index < -0.39 is 0 Å². The van der Waals surface area contributed by atoms with E-state index in [1.807, 2.05) is 29.0 Å². The van der Waals surface area contributed by atoms with E-state index in [0.717, 1.165) is 17.1 Å². The highest BCUT2D eigenvalue weighted by Crippen LogP contribution is 2.27. The van der Waals surface area contributed by atoms with Crippen molar-refractivity contribution in [1.29, 1.82) is 0 Å². The van der Waals surface area contributed by atoms with Gasteiger partial charge in [0.1, 0.15) is 5.75 Å². The van der Waals surface area contributed by atoms with Crippen LogP contribution < -0.4 is 10.5 Å². The zero-order valence-electron chi connectivity index (χ0n) is 11.3. The number of ether oxygens (including phenoxy) is 1. The molecule has 2 aromatic rings. The molecule has 0 saturated carbocycles. The molecule has 1 heterocycles. The van der Waals surface area contributed by atoms with Crippen molar-refractivity contribution in [2.45, 2.75) is 26.2 Å². The summed E-state index contributed by atoms with van der Waals surface area (Å²) in [4.78, 5) is 4.44. The number of methoxy groups -OCH3 is 1. The Labute approximate surface area is 107 Å². The van der Waals surface area contributed by atoms with Crippen LogP contribution in [-0.2, 0) is 5.41 Å². The van der Waals surface area contributed by atoms with Crippen molar-refractivity contribution in [2.24, 2.45) is 0 Å². The fraction of sp³-hybridized carbons (Fsp3) is 0.357. The highest BCUT2D eigenvalue weighted by molar-refractivity contribution is 5.55. The van der Waals surface area contributed by atoms with Crippen LogP contribution in [0.4, 0.5) is 5.69 Å². The van der Waals surface area contributed by atoms with Crippen LogP contribution in [0.5, 0.6) is 5.75 Å². The first-order chi connectivity index (χ1) is 8.41. The molecule has 1 aromatic carbocycles. The van der Waals surface area contributed by atoms with Gasteiger partial charge >= 0.3 is 0 Å². The molecular weight excluding hydrogens is 226 g/mol. The number of nitrogens with zero attached hydrogens (tertiary/aromatic N) is 2. The lowest BCUT2D eigenvalue weighted by atomic mass is 9.93. The molecule has 96 valence electrons. The standard InChI is InChI=1S/C14H19N3O/c1-14(2,3)13-8-17(9-16-13)11-6-5-10(15)7-12(11)18-4/h5-9H,15H2,1-4H3. The van der Waals surface area contributed by atoms with E-state index >= 15 is 0 Å². The smallest absolute Gasteiger partial charge is 0.144 e. The van der Waals surface area contributed by atoms with Crippen LogP contribution >= 0.6 is 0 Å². The van der Waals surface area contributed by atoms with Gasteiger partial charge in [0.2, 0.25) is 0 Å². The van der Waals surface area contributed by atoms with Crippen LogP contribution in [0.2, 0.25) is 0 Å². The van der Waals surface area contributed by atoms with Crippen LogP contribution in [0.1, 0.15) is 26.5 Å². The summed E-state index contributed by atoms with van der Waals surface area (Å²) in [6.07, 6.45) is 3.82. The van der Waals surface area contributed by atoms with Gasteiger partial charge in [0.05, 0.1) is 24.8 Å². The minimum absolute atomic E-state index is 0.0340. The lowest BCUT2D eigenvalue weighted by Crippen LogP contribution is -2.11. The summed E-state index contributed by atoms with van der Waals surface area (Å²) in [5, 5.41) is 0. The van der Waals surface area contributed by atoms with Gasteiger partial charge in [-0.1, -0.05) is 20.8 Å². The van der Waals surface area contributed by atoms with E-state index in [2.05, 4.69) is 25.8 Å². The summed E-state index contributed by atoms with van der Waals surface area (Å²) in [5.74, 6) is 0.743. The number of aromatic nitrogens is 2. The van der Waals surface area contributed by atoms with Crippen LogP contribution in [0.15, 0.2) is 30.7 Å². The summed E-state index contributed by atoms with van der Waals surface area (Å²) in [5.41, 5.74) is 8.45. The molecule has 0 amide bonds. The predicted molar refractivity (Wildman–Crippen MR) is 73.2 cm³/mol. The number of nitrogen functional groups attached to an aromatic ring is 1. The van der Waals surface area contributed by atoms with E-state index in [0.29, 0.717) is 5.69 Å². The van der Waals surface area contributed by atoms with E-state index in [1.165, 1.54) is 0 Å². The SMILES string of the molecule is COc1cc(N)ccc1-n1cnc(C(C)(C)C)c1. The Morgan fingerprint density at radius 3 is 2.56 bits per heavy atom. The lowest BCUT2D eigenvalue weighted by Gasteiger charge is -2.14. The van der Waals surface area contributed by atoms with Crippen molar-refractivity contribution in [3.8, 4) is 11.4 Å². The maximum absolute atomic E-state index is 5.75. The highest BCUT2D eigenvalue weighted by Gasteiger charge is 2.17. The van der Waals surface area contributed by atoms with Crippen LogP contribution in [0.25, 0.3) is 5.69 Å². The maximum Gasteiger partial charge on any atom is 0.144 e. The third-order valence-electron chi connectivity index (χ3n) is 2.83. The molecule has 4 heteroatoms. The molecular formula is C14H19N3O. The Hall–Kier alpha value is -1.97. The van der Waals surface area contributed by atoms with E-state index in [9.17, 15) is 0 Å². The van der Waals surface area contributed by atoms with E-state index in [-0.39, 0.29) is 5.41 Å². The Balaban J connectivity index is 2.46. The van der Waals surface area contributed by atoms with E-state index in [1.54, 1.807) is 13.4 Å². The third kappa shape index (κ3) is 2.32.